The van der Waals surface area contributed by atoms with Gasteiger partial charge in [-0.1, -0.05) is 12.1 Å². The Balaban J connectivity index is 1.60. The Bertz CT molecular complexity index is 1080. The van der Waals surface area contributed by atoms with Crippen LogP contribution in [0.2, 0.25) is 0 Å². The summed E-state index contributed by atoms with van der Waals surface area (Å²) >= 11 is 1.37. The minimum absolute atomic E-state index is 0.0358. The molecule has 28 heavy (non-hydrogen) atoms. The number of hydrogen-bond donors (Lipinski definition) is 1. The van der Waals surface area contributed by atoms with Gasteiger partial charge in [-0.15, -0.1) is 11.8 Å². The Hall–Kier alpha value is -2.94. The smallest absolute Gasteiger partial charge is 0.338 e. The molecule has 1 amide bonds. The summed E-state index contributed by atoms with van der Waals surface area (Å²) in [4.78, 5) is 29.1. The molecule has 0 bridgehead atoms. The van der Waals surface area contributed by atoms with Gasteiger partial charge >= 0.3 is 12.5 Å². The molecule has 9 heteroatoms. The topological polar surface area (TPSA) is 73.2 Å². The number of alkyl halides is 2. The van der Waals surface area contributed by atoms with Gasteiger partial charge in [0.1, 0.15) is 0 Å². The largest absolute Gasteiger partial charge is 0.451 e. The van der Waals surface area contributed by atoms with Gasteiger partial charge in [0.05, 0.1) is 28.0 Å². The number of carbonyl (C=O) groups is 2. The Morgan fingerprint density at radius 3 is 2.86 bits per heavy atom. The van der Waals surface area contributed by atoms with Crippen molar-refractivity contribution in [2.24, 2.45) is 0 Å². The van der Waals surface area contributed by atoms with Crippen LogP contribution < -0.4 is 5.32 Å². The molecule has 0 saturated heterocycles. The molecule has 0 spiro atoms. The second kappa shape index (κ2) is 7.23. The van der Waals surface area contributed by atoms with Crippen LogP contribution in [-0.4, -0.2) is 27.2 Å². The van der Waals surface area contributed by atoms with Crippen LogP contribution in [0.25, 0.3) is 11.0 Å². The lowest BCUT2D eigenvalue weighted by Crippen LogP contribution is -2.19. The fraction of sp³-hybridized carbons (Fsp3) is 0.211. The zero-order valence-corrected chi connectivity index (χ0v) is 15.5. The quantitative estimate of drug-likeness (QED) is 0.654. The Morgan fingerprint density at radius 2 is 2.07 bits per heavy atom. The minimum atomic E-state index is -2.82. The van der Waals surface area contributed by atoms with Crippen molar-refractivity contribution in [2.45, 2.75) is 24.5 Å². The first-order valence-corrected chi connectivity index (χ1v) is 9.45. The summed E-state index contributed by atoms with van der Waals surface area (Å²) in [6, 6.07) is 11.3. The third-order valence-corrected chi connectivity index (χ3v) is 5.39. The second-order valence-electron chi connectivity index (χ2n) is 6.20. The van der Waals surface area contributed by atoms with Crippen molar-refractivity contribution >= 4 is 40.4 Å². The molecule has 0 radical (unpaired) electrons. The number of amides is 1. The van der Waals surface area contributed by atoms with Crippen molar-refractivity contribution in [1.82, 2.24) is 9.55 Å². The van der Waals surface area contributed by atoms with Crippen LogP contribution in [0, 0.1) is 0 Å². The highest BCUT2D eigenvalue weighted by Gasteiger charge is 2.25. The molecule has 1 atom stereocenters. The number of nitrogens with one attached hydrogen (secondary N) is 1. The Kier molecular flexibility index (Phi) is 4.76. The maximum absolute atomic E-state index is 13.6. The molecule has 1 unspecified atom stereocenters. The van der Waals surface area contributed by atoms with E-state index in [0.29, 0.717) is 17.0 Å². The van der Waals surface area contributed by atoms with E-state index in [4.69, 9.17) is 4.74 Å². The maximum Gasteiger partial charge on any atom is 0.338 e. The van der Waals surface area contributed by atoms with E-state index in [1.807, 2.05) is 0 Å². The third kappa shape index (κ3) is 3.33. The van der Waals surface area contributed by atoms with Gasteiger partial charge < -0.3 is 10.1 Å². The molecule has 4 rings (SSSR count). The highest BCUT2D eigenvalue weighted by Crippen LogP contribution is 2.33. The fourth-order valence-electron chi connectivity index (χ4n) is 3.05. The highest BCUT2D eigenvalue weighted by atomic mass is 32.2. The Labute approximate surface area is 162 Å². The van der Waals surface area contributed by atoms with Crippen molar-refractivity contribution in [3.8, 4) is 0 Å². The van der Waals surface area contributed by atoms with Crippen LogP contribution in [0.15, 0.2) is 47.4 Å². The van der Waals surface area contributed by atoms with Crippen molar-refractivity contribution in [3.63, 3.8) is 0 Å². The molecular formula is C19H15F2N3O3S. The zero-order chi connectivity index (χ0) is 19.8. The van der Waals surface area contributed by atoms with Crippen LogP contribution in [0.3, 0.4) is 0 Å². The normalized spacial score (nSPS) is 14.6. The van der Waals surface area contributed by atoms with Crippen molar-refractivity contribution in [3.05, 3.63) is 53.9 Å². The molecule has 0 saturated carbocycles. The van der Waals surface area contributed by atoms with Crippen LogP contribution in [0.5, 0.6) is 0 Å². The van der Waals surface area contributed by atoms with E-state index >= 15 is 0 Å². The van der Waals surface area contributed by atoms with Crippen molar-refractivity contribution in [1.29, 1.82) is 0 Å². The summed E-state index contributed by atoms with van der Waals surface area (Å²) in [6.07, 6.45) is -0.992. The predicted octanol–water partition coefficient (Wildman–Crippen LogP) is 4.39. The van der Waals surface area contributed by atoms with E-state index in [1.165, 1.54) is 30.8 Å². The molecule has 144 valence electrons. The number of aromatic nitrogens is 2. The number of nitrogens with zero attached hydrogens (tertiary/aromatic N) is 2. The van der Waals surface area contributed by atoms with Crippen molar-refractivity contribution in [2.75, 3.05) is 11.1 Å². The molecule has 1 aromatic heterocycles. The summed E-state index contributed by atoms with van der Waals surface area (Å²) < 4.78 is 33.3. The van der Waals surface area contributed by atoms with Crippen LogP contribution in [0.4, 0.5) is 14.5 Å². The molecular weight excluding hydrogens is 388 g/mol. The zero-order valence-electron chi connectivity index (χ0n) is 14.7. The van der Waals surface area contributed by atoms with E-state index in [9.17, 15) is 18.4 Å². The maximum atomic E-state index is 13.6. The number of fused-ring (bicyclic) bond motifs is 2. The molecule has 1 N–H and O–H groups in total. The lowest BCUT2D eigenvalue weighted by atomic mass is 10.2. The summed E-state index contributed by atoms with van der Waals surface area (Å²) in [6.45, 7) is -1.33. The lowest BCUT2D eigenvalue weighted by molar-refractivity contribution is -0.113. The lowest BCUT2D eigenvalue weighted by Gasteiger charge is -2.18. The SMILES string of the molecule is CC(OC(=O)c1ccc2c(c1)NC(=O)CS2)c1nc2ccccc2n1C(F)F. The number of para-hydroxylation sites is 2. The molecule has 6 nitrogen and oxygen atoms in total. The number of rotatable bonds is 4. The van der Waals surface area contributed by atoms with E-state index in [1.54, 1.807) is 30.3 Å². The standard InChI is InChI=1S/C19H15F2N3O3S/c1-10(17-23-12-4-2-3-5-14(12)24(17)19(20)21)27-18(26)11-6-7-15-13(8-11)22-16(25)9-28-15/h2-8,10,19H,9H2,1H3,(H,22,25). The highest BCUT2D eigenvalue weighted by molar-refractivity contribution is 8.00. The Morgan fingerprint density at radius 1 is 1.29 bits per heavy atom. The number of thioether (sulfide) groups is 1. The molecule has 2 heterocycles. The van der Waals surface area contributed by atoms with Crippen LogP contribution in [-0.2, 0) is 9.53 Å². The van der Waals surface area contributed by atoms with Gasteiger partial charge in [0.2, 0.25) is 5.91 Å². The first-order chi connectivity index (χ1) is 13.4. The van der Waals surface area contributed by atoms with Gasteiger partial charge in [-0.3, -0.25) is 9.36 Å². The first-order valence-electron chi connectivity index (χ1n) is 8.46. The van der Waals surface area contributed by atoms with E-state index in [-0.39, 0.29) is 22.8 Å². The van der Waals surface area contributed by atoms with Gasteiger partial charge in [-0.05, 0) is 37.3 Å². The summed E-state index contributed by atoms with van der Waals surface area (Å²) in [5, 5.41) is 2.70. The number of esters is 1. The number of benzene rings is 2. The average Bonchev–Trinajstić information content (AvgIpc) is 3.07. The number of hydrogen-bond acceptors (Lipinski definition) is 5. The van der Waals surface area contributed by atoms with Crippen LogP contribution >= 0.6 is 11.8 Å². The number of halogens is 2. The molecule has 0 fully saturated rings. The van der Waals surface area contributed by atoms with Crippen LogP contribution in [0.1, 0.15) is 35.8 Å². The predicted molar refractivity (Wildman–Crippen MR) is 101 cm³/mol. The van der Waals surface area contributed by atoms with E-state index in [0.717, 1.165) is 9.46 Å². The van der Waals surface area contributed by atoms with Gasteiger partial charge in [0, 0.05) is 4.90 Å². The number of ether oxygens (including phenoxy) is 1. The van der Waals surface area contributed by atoms with Gasteiger partial charge in [-0.2, -0.15) is 8.78 Å². The third-order valence-electron chi connectivity index (χ3n) is 4.31. The first kappa shape index (κ1) is 18.4. The second-order valence-corrected chi connectivity index (χ2v) is 7.22. The minimum Gasteiger partial charge on any atom is -0.451 e. The van der Waals surface area contributed by atoms with Crippen molar-refractivity contribution < 1.29 is 23.1 Å². The number of anilines is 1. The summed E-state index contributed by atoms with van der Waals surface area (Å²) in [7, 11) is 0. The number of carbonyl (C=O) groups excluding carboxylic acids is 2. The molecule has 0 aliphatic carbocycles. The van der Waals surface area contributed by atoms with Gasteiger partial charge in [0.15, 0.2) is 11.9 Å². The molecule has 2 aromatic carbocycles. The summed E-state index contributed by atoms with van der Waals surface area (Å²) in [5.74, 6) is -0.557. The summed E-state index contributed by atoms with van der Waals surface area (Å²) in [5.41, 5.74) is 1.41. The fourth-order valence-corrected chi connectivity index (χ4v) is 3.83. The number of imidazole rings is 1. The monoisotopic (exact) mass is 403 g/mol. The van der Waals surface area contributed by atoms with E-state index in [2.05, 4.69) is 10.3 Å². The van der Waals surface area contributed by atoms with Gasteiger partial charge in [-0.25, -0.2) is 9.78 Å². The molecule has 1 aliphatic heterocycles. The average molecular weight is 403 g/mol. The molecule has 3 aromatic rings. The van der Waals surface area contributed by atoms with E-state index < -0.39 is 18.6 Å². The molecule has 1 aliphatic rings. The van der Waals surface area contributed by atoms with Gasteiger partial charge in [0.25, 0.3) is 0 Å².